The second kappa shape index (κ2) is 5.52. The van der Waals surface area contributed by atoms with Crippen molar-refractivity contribution in [2.45, 2.75) is 27.3 Å². The van der Waals surface area contributed by atoms with Crippen molar-refractivity contribution in [3.05, 3.63) is 28.3 Å². The van der Waals surface area contributed by atoms with Crippen LogP contribution in [-0.4, -0.2) is 12.6 Å². The lowest BCUT2D eigenvalue weighted by molar-refractivity contribution is 0.404. The molecule has 0 bridgehead atoms. The molecule has 1 aromatic carbocycles. The fourth-order valence-electron chi connectivity index (χ4n) is 1.77. The van der Waals surface area contributed by atoms with E-state index in [0.717, 1.165) is 17.7 Å². The minimum Gasteiger partial charge on any atom is -0.496 e. The quantitative estimate of drug-likeness (QED) is 0.672. The molecule has 0 unspecified atom stereocenters. The molecule has 1 N–H and O–H groups in total. The first-order valence-electron chi connectivity index (χ1n) is 5.02. The minimum absolute atomic E-state index is 0.794. The number of hydrogen-bond acceptors (Lipinski definition) is 2. The molecule has 0 fully saturated rings. The number of hydrogen-bond donors (Lipinski definition) is 1. The number of aryl methyl sites for hydroxylation is 2. The Hall–Kier alpha value is -0.540. The summed E-state index contributed by atoms with van der Waals surface area (Å²) in [6, 6.07) is 2.21. The van der Waals surface area contributed by atoms with Crippen molar-refractivity contribution in [3.8, 4) is 5.75 Å². The summed E-state index contributed by atoms with van der Waals surface area (Å²) < 4.78 is 5.48. The van der Waals surface area contributed by atoms with Crippen LogP contribution in [0.15, 0.2) is 6.07 Å². The fraction of sp³-hybridized carbons (Fsp3) is 0.500. The van der Waals surface area contributed by atoms with Crippen molar-refractivity contribution < 1.29 is 4.74 Å². The molecule has 0 spiro atoms. The van der Waals surface area contributed by atoms with Gasteiger partial charge in [0.05, 0.1) is 12.6 Å². The van der Waals surface area contributed by atoms with Gasteiger partial charge in [-0.05, 0) is 37.5 Å². The van der Waals surface area contributed by atoms with Crippen LogP contribution in [0.1, 0.15) is 22.3 Å². The third kappa shape index (κ3) is 2.73. The van der Waals surface area contributed by atoms with E-state index in [1.54, 1.807) is 7.11 Å². The number of halogens is 1. The summed E-state index contributed by atoms with van der Waals surface area (Å²) in [6.07, 6.45) is 0. The van der Waals surface area contributed by atoms with Crippen LogP contribution in [0.4, 0.5) is 0 Å². The van der Waals surface area contributed by atoms with Gasteiger partial charge in [-0.1, -0.05) is 22.0 Å². The van der Waals surface area contributed by atoms with Gasteiger partial charge in [0.2, 0.25) is 0 Å². The summed E-state index contributed by atoms with van der Waals surface area (Å²) in [4.78, 5) is 0. The highest BCUT2D eigenvalue weighted by molar-refractivity contribution is 9.09. The molecule has 0 aliphatic heterocycles. The normalized spacial score (nSPS) is 10.5. The average Bonchev–Trinajstić information content (AvgIpc) is 2.21. The molecule has 0 heterocycles. The second-order valence-electron chi connectivity index (χ2n) is 3.71. The van der Waals surface area contributed by atoms with Gasteiger partial charge < -0.3 is 10.1 Å². The van der Waals surface area contributed by atoms with Gasteiger partial charge in [-0.3, -0.25) is 0 Å². The van der Waals surface area contributed by atoms with Gasteiger partial charge in [0.1, 0.15) is 5.75 Å². The second-order valence-corrected chi connectivity index (χ2v) is 4.27. The zero-order chi connectivity index (χ0) is 11.4. The zero-order valence-electron chi connectivity index (χ0n) is 9.78. The smallest absolute Gasteiger partial charge is 0.126 e. The van der Waals surface area contributed by atoms with E-state index in [-0.39, 0.29) is 0 Å². The summed E-state index contributed by atoms with van der Waals surface area (Å²) in [7, 11) is 1.73. The molecule has 84 valence electrons. The number of methoxy groups -OCH3 is 1. The van der Waals surface area contributed by atoms with Crippen molar-refractivity contribution in [1.82, 2.24) is 5.32 Å². The number of alkyl halides is 1. The maximum absolute atomic E-state index is 5.48. The third-order valence-corrected chi connectivity index (χ3v) is 3.11. The van der Waals surface area contributed by atoms with E-state index in [4.69, 9.17) is 4.74 Å². The summed E-state index contributed by atoms with van der Waals surface area (Å²) in [5.41, 5.74) is 5.84. The minimum atomic E-state index is 0.794. The SMILES string of the molecule is COc1c(C)c(C)cc(C)c1CNCBr. The van der Waals surface area contributed by atoms with E-state index < -0.39 is 0 Å². The predicted molar refractivity (Wildman–Crippen MR) is 67.8 cm³/mol. The van der Waals surface area contributed by atoms with Gasteiger partial charge in [0.25, 0.3) is 0 Å². The van der Waals surface area contributed by atoms with Crippen molar-refractivity contribution in [2.75, 3.05) is 12.6 Å². The maximum atomic E-state index is 5.48. The first-order chi connectivity index (χ1) is 7.11. The summed E-state index contributed by atoms with van der Waals surface area (Å²) >= 11 is 3.36. The summed E-state index contributed by atoms with van der Waals surface area (Å²) in [5.74, 6) is 1.01. The molecule has 0 saturated heterocycles. The van der Waals surface area contributed by atoms with Gasteiger partial charge in [-0.25, -0.2) is 0 Å². The van der Waals surface area contributed by atoms with Gasteiger partial charge >= 0.3 is 0 Å². The Morgan fingerprint density at radius 1 is 1.27 bits per heavy atom. The van der Waals surface area contributed by atoms with Gasteiger partial charge in [-0.2, -0.15) is 0 Å². The molecule has 1 rings (SSSR count). The molecule has 3 heteroatoms. The molecule has 2 nitrogen and oxygen atoms in total. The molecule has 0 atom stereocenters. The number of ether oxygens (including phenoxy) is 1. The largest absolute Gasteiger partial charge is 0.496 e. The van der Waals surface area contributed by atoms with Crippen LogP contribution in [0.3, 0.4) is 0 Å². The first-order valence-corrected chi connectivity index (χ1v) is 6.14. The lowest BCUT2D eigenvalue weighted by Crippen LogP contribution is -2.13. The number of rotatable bonds is 4. The maximum Gasteiger partial charge on any atom is 0.126 e. The van der Waals surface area contributed by atoms with E-state index in [9.17, 15) is 0 Å². The molecule has 0 aromatic heterocycles. The van der Waals surface area contributed by atoms with E-state index in [1.807, 2.05) is 0 Å². The highest BCUT2D eigenvalue weighted by atomic mass is 79.9. The van der Waals surface area contributed by atoms with Gasteiger partial charge in [-0.15, -0.1) is 0 Å². The monoisotopic (exact) mass is 271 g/mol. The molecule has 0 radical (unpaired) electrons. The fourth-order valence-corrected chi connectivity index (χ4v) is 1.97. The summed E-state index contributed by atoms with van der Waals surface area (Å²) in [6.45, 7) is 7.18. The van der Waals surface area contributed by atoms with Crippen LogP contribution < -0.4 is 10.1 Å². The van der Waals surface area contributed by atoms with Crippen LogP contribution in [-0.2, 0) is 6.54 Å². The lowest BCUT2D eigenvalue weighted by Gasteiger charge is -2.16. The van der Waals surface area contributed by atoms with E-state index >= 15 is 0 Å². The van der Waals surface area contributed by atoms with E-state index in [1.165, 1.54) is 22.3 Å². The van der Waals surface area contributed by atoms with Crippen LogP contribution in [0.2, 0.25) is 0 Å². The Morgan fingerprint density at radius 2 is 1.93 bits per heavy atom. The molecule has 0 aliphatic carbocycles. The first kappa shape index (κ1) is 12.5. The Bertz CT molecular complexity index is 350. The molecule has 0 amide bonds. The molecular formula is C12H18BrNO. The van der Waals surface area contributed by atoms with Crippen LogP contribution in [0, 0.1) is 20.8 Å². The van der Waals surface area contributed by atoms with Crippen molar-refractivity contribution in [3.63, 3.8) is 0 Å². The van der Waals surface area contributed by atoms with Crippen molar-refractivity contribution >= 4 is 15.9 Å². The van der Waals surface area contributed by atoms with Crippen molar-refractivity contribution in [2.24, 2.45) is 0 Å². The van der Waals surface area contributed by atoms with Crippen LogP contribution in [0.25, 0.3) is 0 Å². The van der Waals surface area contributed by atoms with Gasteiger partial charge in [0.15, 0.2) is 0 Å². The van der Waals surface area contributed by atoms with Crippen molar-refractivity contribution in [1.29, 1.82) is 0 Å². The standard InChI is InChI=1S/C12H18BrNO/c1-8-5-9(2)11(6-14-7-13)12(15-4)10(8)3/h5,14H,6-7H2,1-4H3. The third-order valence-electron chi connectivity index (χ3n) is 2.72. The highest BCUT2D eigenvalue weighted by Crippen LogP contribution is 2.29. The molecule has 0 saturated carbocycles. The van der Waals surface area contributed by atoms with Crippen LogP contribution in [0.5, 0.6) is 5.75 Å². The van der Waals surface area contributed by atoms with E-state index in [0.29, 0.717) is 0 Å². The van der Waals surface area contributed by atoms with Gasteiger partial charge in [0, 0.05) is 12.1 Å². The molecule has 15 heavy (non-hydrogen) atoms. The number of nitrogens with one attached hydrogen (secondary N) is 1. The predicted octanol–water partition coefficient (Wildman–Crippen LogP) is 3.06. The molecule has 0 aliphatic rings. The molecular weight excluding hydrogens is 254 g/mol. The van der Waals surface area contributed by atoms with E-state index in [2.05, 4.69) is 48.1 Å². The Balaban J connectivity index is 3.16. The highest BCUT2D eigenvalue weighted by Gasteiger charge is 2.11. The summed E-state index contributed by atoms with van der Waals surface area (Å²) in [5, 5.41) is 3.26. The lowest BCUT2D eigenvalue weighted by atomic mass is 9.99. The zero-order valence-corrected chi connectivity index (χ0v) is 11.4. The Morgan fingerprint density at radius 3 is 2.47 bits per heavy atom. The average molecular weight is 272 g/mol. The Kier molecular flexibility index (Phi) is 4.61. The Labute approximate surface area is 100 Å². The topological polar surface area (TPSA) is 21.3 Å². The number of benzene rings is 1. The van der Waals surface area contributed by atoms with Crippen LogP contribution >= 0.6 is 15.9 Å². The molecule has 1 aromatic rings.